The summed E-state index contributed by atoms with van der Waals surface area (Å²) in [6.07, 6.45) is 11.5. The largest absolute Gasteiger partial charge is 0.366 e. The second-order valence-electron chi connectivity index (χ2n) is 21.2. The van der Waals surface area contributed by atoms with Crippen molar-refractivity contribution >= 4 is 65.5 Å². The average Bonchev–Trinajstić information content (AvgIpc) is 4.30. The van der Waals surface area contributed by atoms with Gasteiger partial charge in [0, 0.05) is 65.7 Å². The Morgan fingerprint density at radius 3 is 1.65 bits per heavy atom. The Balaban J connectivity index is 0.00000119. The maximum absolute atomic E-state index is 9.19. The van der Waals surface area contributed by atoms with Crippen molar-refractivity contribution in [3.8, 4) is 22.5 Å². The lowest BCUT2D eigenvalue weighted by Crippen LogP contribution is -2.23. The summed E-state index contributed by atoms with van der Waals surface area (Å²) in [5.74, 6) is 0.0421. The molecule has 7 heteroatoms. The van der Waals surface area contributed by atoms with Crippen LogP contribution in [-0.4, -0.2) is 35.4 Å². The van der Waals surface area contributed by atoms with E-state index >= 15 is 0 Å². The van der Waals surface area contributed by atoms with Gasteiger partial charge in [-0.1, -0.05) is 218 Å². The molecule has 79 heavy (non-hydrogen) atoms. The van der Waals surface area contributed by atoms with Gasteiger partial charge in [0.1, 0.15) is 0 Å². The summed E-state index contributed by atoms with van der Waals surface area (Å²) in [6.45, 7) is 2.32. The van der Waals surface area contributed by atoms with E-state index in [0.717, 1.165) is 19.3 Å². The monoisotopic (exact) mass is 1050 g/mol. The number of benzene rings is 8. The summed E-state index contributed by atoms with van der Waals surface area (Å²) in [5.41, 5.74) is 26.9. The molecule has 2 unspecified atom stereocenters. The van der Waals surface area contributed by atoms with E-state index in [1.807, 2.05) is 0 Å². The number of hydrogen-bond acceptors (Lipinski definition) is 3. The fourth-order valence-electron chi connectivity index (χ4n) is 13.0. The maximum Gasteiger partial charge on any atom is 0.261 e. The van der Waals surface area contributed by atoms with Crippen molar-refractivity contribution in [3.05, 3.63) is 287 Å². The first kappa shape index (κ1) is 51.0. The molecule has 0 saturated heterocycles. The second kappa shape index (κ2) is 21.2. The van der Waals surface area contributed by atoms with Gasteiger partial charge in [-0.15, -0.1) is 0 Å². The first-order valence-corrected chi connectivity index (χ1v) is 29.1. The van der Waals surface area contributed by atoms with E-state index < -0.39 is 10.1 Å². The lowest BCUT2D eigenvalue weighted by molar-refractivity contribution is 0.490. The Morgan fingerprint density at radius 1 is 0.557 bits per heavy atom. The summed E-state index contributed by atoms with van der Waals surface area (Å²) in [7, 11) is 3.13. The highest BCUT2D eigenvalue weighted by Gasteiger charge is 2.42. The van der Waals surface area contributed by atoms with E-state index in [1.54, 1.807) is 0 Å². The van der Waals surface area contributed by atoms with Gasteiger partial charge in [0.2, 0.25) is 0 Å². The quantitative estimate of drug-likeness (QED) is 0.146. The number of para-hydroxylation sites is 3. The summed E-state index contributed by atoms with van der Waals surface area (Å²) < 4.78 is 30.7. The summed E-state index contributed by atoms with van der Waals surface area (Å²) >= 11 is 0. The minimum absolute atomic E-state index is 0.0421. The second-order valence-corrected chi connectivity index (χ2v) is 22.6. The predicted molar refractivity (Wildman–Crippen MR) is 331 cm³/mol. The molecule has 3 aliphatic rings. The SMILES string of the molecule is CC1=C(c2ccccc2)C(=C(/C=C2C=C(/C=C(/c3c(-c4ccccc4)n(C)c4ccccc34)C3c4ccccc4N(C)C3c3ccccc3)CCC/2)c2c(-c3ccccc3)n(C)c3ccccc23)c2ccccc21.CS(=O)(=O)O. The van der Waals surface area contributed by atoms with E-state index in [2.05, 4.69) is 279 Å². The van der Waals surface area contributed by atoms with Crippen LogP contribution in [0, 0.1) is 0 Å². The van der Waals surface area contributed by atoms with Crippen molar-refractivity contribution in [1.82, 2.24) is 9.13 Å². The third-order valence-corrected chi connectivity index (χ3v) is 16.3. The molecule has 3 heterocycles. The Morgan fingerprint density at radius 2 is 1.04 bits per heavy atom. The summed E-state index contributed by atoms with van der Waals surface area (Å²) in [6, 6.07) is 80.7. The van der Waals surface area contributed by atoms with E-state index in [9.17, 15) is 8.42 Å². The maximum atomic E-state index is 9.19. The van der Waals surface area contributed by atoms with Crippen LogP contribution in [-0.2, 0) is 24.2 Å². The van der Waals surface area contributed by atoms with Crippen LogP contribution >= 0.6 is 0 Å². The highest BCUT2D eigenvalue weighted by Crippen LogP contribution is 2.57. The van der Waals surface area contributed by atoms with Gasteiger partial charge in [0.05, 0.1) is 23.7 Å². The Labute approximate surface area is 464 Å². The number of allylic oxidation sites excluding steroid dienone is 9. The molecule has 8 aromatic carbocycles. The van der Waals surface area contributed by atoms with Crippen molar-refractivity contribution in [3.63, 3.8) is 0 Å². The number of fused-ring (bicyclic) bond motifs is 4. The Hall–Kier alpha value is -8.75. The van der Waals surface area contributed by atoms with E-state index in [0.29, 0.717) is 6.26 Å². The van der Waals surface area contributed by atoms with Crippen LogP contribution in [0.2, 0.25) is 0 Å². The third-order valence-electron chi connectivity index (χ3n) is 16.3. The molecule has 13 rings (SSSR count). The number of aromatic nitrogens is 2. The molecule has 2 aliphatic carbocycles. The lowest BCUT2D eigenvalue weighted by atomic mass is 9.78. The van der Waals surface area contributed by atoms with Crippen LogP contribution in [0.1, 0.15) is 77.1 Å². The van der Waals surface area contributed by atoms with Crippen molar-refractivity contribution in [2.24, 2.45) is 14.1 Å². The number of hydrogen-bond donors (Lipinski definition) is 1. The zero-order valence-corrected chi connectivity index (χ0v) is 46.1. The molecular weight excluding hydrogens is 987 g/mol. The molecule has 0 amide bonds. The molecule has 390 valence electrons. The van der Waals surface area contributed by atoms with E-state index in [4.69, 9.17) is 4.55 Å². The van der Waals surface area contributed by atoms with Crippen LogP contribution in [0.4, 0.5) is 5.69 Å². The zero-order chi connectivity index (χ0) is 54.4. The zero-order valence-electron chi connectivity index (χ0n) is 45.3. The van der Waals surface area contributed by atoms with Crippen molar-refractivity contribution in [1.29, 1.82) is 0 Å². The molecule has 6 nitrogen and oxygen atoms in total. The molecule has 1 N–H and O–H groups in total. The molecule has 0 bridgehead atoms. The van der Waals surface area contributed by atoms with Gasteiger partial charge in [0.25, 0.3) is 10.1 Å². The number of anilines is 1. The van der Waals surface area contributed by atoms with E-state index in [1.165, 1.54) is 128 Å². The van der Waals surface area contributed by atoms with Crippen LogP contribution in [0.5, 0.6) is 0 Å². The number of nitrogens with zero attached hydrogens (tertiary/aromatic N) is 3. The highest BCUT2D eigenvalue weighted by molar-refractivity contribution is 7.85. The van der Waals surface area contributed by atoms with Gasteiger partial charge >= 0.3 is 0 Å². The topological polar surface area (TPSA) is 67.5 Å². The van der Waals surface area contributed by atoms with Gasteiger partial charge in [-0.3, -0.25) is 4.55 Å². The van der Waals surface area contributed by atoms with Crippen LogP contribution < -0.4 is 4.90 Å². The molecule has 0 saturated carbocycles. The smallest absolute Gasteiger partial charge is 0.261 e. The Bertz CT molecular complexity index is 4230. The predicted octanol–water partition coefficient (Wildman–Crippen LogP) is 17.5. The van der Waals surface area contributed by atoms with Crippen molar-refractivity contribution in [2.75, 3.05) is 18.2 Å². The van der Waals surface area contributed by atoms with Gasteiger partial charge in [-0.25, -0.2) is 0 Å². The van der Waals surface area contributed by atoms with Gasteiger partial charge < -0.3 is 14.0 Å². The molecular formula is C72H63N3O3S. The summed E-state index contributed by atoms with van der Waals surface area (Å²) in [4.78, 5) is 2.53. The lowest BCUT2D eigenvalue weighted by Gasteiger charge is -2.30. The third kappa shape index (κ3) is 9.53. The Kier molecular flexibility index (Phi) is 13.7. The van der Waals surface area contributed by atoms with Crippen LogP contribution in [0.3, 0.4) is 0 Å². The fraction of sp³-hybridized carbons (Fsp3) is 0.139. The van der Waals surface area contributed by atoms with Gasteiger partial charge in [0.15, 0.2) is 0 Å². The fourth-order valence-corrected chi connectivity index (χ4v) is 13.0. The van der Waals surface area contributed by atoms with Crippen molar-refractivity contribution in [2.45, 2.75) is 38.1 Å². The molecule has 1 aliphatic heterocycles. The average molecular weight is 1050 g/mol. The van der Waals surface area contributed by atoms with Gasteiger partial charge in [-0.2, -0.15) is 8.42 Å². The highest BCUT2D eigenvalue weighted by atomic mass is 32.2. The molecule has 0 radical (unpaired) electrons. The first-order valence-electron chi connectivity index (χ1n) is 27.2. The normalized spacial score (nSPS) is 17.4. The standard InChI is InChI=1S/C71H59N3.CH4O3S/c1-47-54-36-17-18-37-55(54)65(64(47)50-28-9-5-10-29-50)59(66-56-38-19-22-41-61(56)72(2)69(66)51-30-11-6-12-31-51)45-48-26-25-27-49(44-48)46-60(67-57-39-20-23-42-62(57)73(3)70(67)52-32-13-7-14-33-52)68-58-40-21-24-43-63(58)74(4)71(68)53-34-15-8-16-35-53;1-5(2,3)4/h5-24,28-46,67,70H,25-27H2,1-4H3;1H3,(H,2,3,4)/b48-45+,60-46+,65-59?;. The van der Waals surface area contributed by atoms with Crippen LogP contribution in [0.15, 0.2) is 248 Å². The summed E-state index contributed by atoms with van der Waals surface area (Å²) in [5, 5.41) is 2.53. The molecule has 0 spiro atoms. The number of likely N-dealkylation sites (N-methyl/N-ethyl adjacent to an activating group) is 1. The van der Waals surface area contributed by atoms with Crippen molar-refractivity contribution < 1.29 is 13.0 Å². The molecule has 2 aromatic heterocycles. The molecule has 2 atom stereocenters. The number of rotatable bonds is 9. The first-order chi connectivity index (χ1) is 38.4. The molecule has 10 aromatic rings. The minimum atomic E-state index is -3.67. The molecule has 0 fully saturated rings. The minimum Gasteiger partial charge on any atom is -0.366 e. The van der Waals surface area contributed by atoms with Gasteiger partial charge in [-0.05, 0) is 122 Å². The van der Waals surface area contributed by atoms with E-state index in [-0.39, 0.29) is 12.0 Å². The van der Waals surface area contributed by atoms with Crippen LogP contribution in [0.25, 0.3) is 72.2 Å². The number of aryl methyl sites for hydroxylation is 2.